The van der Waals surface area contributed by atoms with Gasteiger partial charge < -0.3 is 5.32 Å². The Kier molecular flexibility index (Phi) is 4.68. The first-order chi connectivity index (χ1) is 9.13. The number of ketones is 1. The summed E-state index contributed by atoms with van der Waals surface area (Å²) in [5.74, 6) is -0.364. The van der Waals surface area contributed by atoms with Gasteiger partial charge in [0, 0.05) is 12.2 Å². The fraction of sp³-hybridized carbons (Fsp3) is 0.467. The van der Waals surface area contributed by atoms with E-state index in [4.69, 9.17) is 0 Å². The number of carbonyl (C=O) groups excluding carboxylic acids is 2. The first-order valence-corrected chi connectivity index (χ1v) is 6.74. The van der Waals surface area contributed by atoms with E-state index in [1.165, 1.54) is 25.3 Å². The molecule has 0 spiro atoms. The number of carbonyl (C=O) groups is 2. The Labute approximate surface area is 113 Å². The zero-order valence-corrected chi connectivity index (χ0v) is 11.3. The Hall–Kier alpha value is -1.68. The average molecular weight is 260 g/mol. The fourth-order valence-electron chi connectivity index (χ4n) is 2.38. The maximum atomic E-state index is 11.5. The van der Waals surface area contributed by atoms with Gasteiger partial charge in [-0.1, -0.05) is 12.1 Å². The van der Waals surface area contributed by atoms with Crippen molar-refractivity contribution in [3.8, 4) is 0 Å². The minimum atomic E-state index is -0.245. The number of hydrogen-bond acceptors (Lipinski definition) is 3. The molecule has 0 radical (unpaired) electrons. The number of nitrogens with one attached hydrogen (secondary N) is 1. The molecule has 1 amide bonds. The van der Waals surface area contributed by atoms with Gasteiger partial charge in [0.15, 0.2) is 0 Å². The molecule has 0 saturated carbocycles. The summed E-state index contributed by atoms with van der Waals surface area (Å²) in [6.07, 6.45) is 2.49. The maximum absolute atomic E-state index is 11.5. The summed E-state index contributed by atoms with van der Waals surface area (Å²) in [6, 6.07) is 7.84. The SMILES string of the molecule is CC(=O)CC(=O)Nc1cccc(CN2CCCC2)c1. The number of likely N-dealkylation sites (tertiary alicyclic amines) is 1. The lowest BCUT2D eigenvalue weighted by Crippen LogP contribution is -2.19. The molecule has 4 heteroatoms. The van der Waals surface area contributed by atoms with E-state index >= 15 is 0 Å². The second-order valence-electron chi connectivity index (χ2n) is 5.11. The van der Waals surface area contributed by atoms with Crippen molar-refractivity contribution >= 4 is 17.4 Å². The lowest BCUT2D eigenvalue weighted by molar-refractivity contribution is -0.124. The fourth-order valence-corrected chi connectivity index (χ4v) is 2.38. The van der Waals surface area contributed by atoms with E-state index in [1.807, 2.05) is 18.2 Å². The molecule has 2 rings (SSSR count). The smallest absolute Gasteiger partial charge is 0.231 e. The van der Waals surface area contributed by atoms with Crippen LogP contribution in [0.2, 0.25) is 0 Å². The first kappa shape index (κ1) is 13.7. The van der Waals surface area contributed by atoms with Gasteiger partial charge >= 0.3 is 0 Å². The molecule has 4 nitrogen and oxygen atoms in total. The van der Waals surface area contributed by atoms with Crippen LogP contribution in [0.3, 0.4) is 0 Å². The summed E-state index contributed by atoms with van der Waals surface area (Å²) in [5.41, 5.74) is 1.96. The number of rotatable bonds is 5. The third kappa shape index (κ3) is 4.48. The molecule has 0 bridgehead atoms. The van der Waals surface area contributed by atoms with Crippen LogP contribution in [-0.4, -0.2) is 29.7 Å². The van der Waals surface area contributed by atoms with Crippen molar-refractivity contribution in [2.75, 3.05) is 18.4 Å². The average Bonchev–Trinajstić information content (AvgIpc) is 2.81. The van der Waals surface area contributed by atoms with Gasteiger partial charge in [0.2, 0.25) is 5.91 Å². The monoisotopic (exact) mass is 260 g/mol. The van der Waals surface area contributed by atoms with Crippen LogP contribution in [0, 0.1) is 0 Å². The first-order valence-electron chi connectivity index (χ1n) is 6.74. The van der Waals surface area contributed by atoms with Crippen LogP contribution in [0.15, 0.2) is 24.3 Å². The van der Waals surface area contributed by atoms with E-state index in [9.17, 15) is 9.59 Å². The summed E-state index contributed by atoms with van der Waals surface area (Å²) in [4.78, 5) is 24.8. The highest BCUT2D eigenvalue weighted by atomic mass is 16.2. The lowest BCUT2D eigenvalue weighted by atomic mass is 10.2. The summed E-state index contributed by atoms with van der Waals surface area (Å²) in [6.45, 7) is 4.65. The van der Waals surface area contributed by atoms with E-state index in [0.717, 1.165) is 25.3 Å². The summed E-state index contributed by atoms with van der Waals surface area (Å²) in [5, 5.41) is 2.76. The highest BCUT2D eigenvalue weighted by Gasteiger charge is 2.12. The second-order valence-corrected chi connectivity index (χ2v) is 5.11. The van der Waals surface area contributed by atoms with Crippen LogP contribution < -0.4 is 5.32 Å². The minimum Gasteiger partial charge on any atom is -0.326 e. The van der Waals surface area contributed by atoms with Crippen molar-refractivity contribution in [2.24, 2.45) is 0 Å². The van der Waals surface area contributed by atoms with Gasteiger partial charge in [-0.05, 0) is 50.6 Å². The number of anilines is 1. The van der Waals surface area contributed by atoms with Gasteiger partial charge in [-0.2, -0.15) is 0 Å². The number of amides is 1. The topological polar surface area (TPSA) is 49.4 Å². The number of Topliss-reactive ketones (excluding diaryl/α,β-unsaturated/α-hetero) is 1. The van der Waals surface area contributed by atoms with Gasteiger partial charge in [0.25, 0.3) is 0 Å². The molecule has 1 fully saturated rings. The summed E-state index contributed by atoms with van der Waals surface area (Å²) < 4.78 is 0. The van der Waals surface area contributed by atoms with Gasteiger partial charge in [-0.15, -0.1) is 0 Å². The molecule has 1 aromatic carbocycles. The molecule has 1 aliphatic rings. The van der Waals surface area contributed by atoms with Crippen molar-refractivity contribution in [3.63, 3.8) is 0 Å². The molecule has 0 aliphatic carbocycles. The Morgan fingerprint density at radius 1 is 1.26 bits per heavy atom. The van der Waals surface area contributed by atoms with E-state index < -0.39 is 0 Å². The van der Waals surface area contributed by atoms with Crippen molar-refractivity contribution in [1.29, 1.82) is 0 Å². The standard InChI is InChI=1S/C15H20N2O2/c1-12(18)9-15(19)16-14-6-4-5-13(10-14)11-17-7-2-3-8-17/h4-6,10H,2-3,7-9,11H2,1H3,(H,16,19). The van der Waals surface area contributed by atoms with E-state index in [0.29, 0.717) is 0 Å². The summed E-state index contributed by atoms with van der Waals surface area (Å²) >= 11 is 0. The van der Waals surface area contributed by atoms with Gasteiger partial charge in [0.1, 0.15) is 5.78 Å². The third-order valence-corrected chi connectivity index (χ3v) is 3.23. The maximum Gasteiger partial charge on any atom is 0.231 e. The van der Waals surface area contributed by atoms with Crippen molar-refractivity contribution in [1.82, 2.24) is 4.90 Å². The number of hydrogen-bond donors (Lipinski definition) is 1. The number of nitrogens with zero attached hydrogens (tertiary/aromatic N) is 1. The van der Waals surface area contributed by atoms with E-state index in [2.05, 4.69) is 16.3 Å². The molecule has 102 valence electrons. The Bertz CT molecular complexity index is 465. The Morgan fingerprint density at radius 3 is 2.68 bits per heavy atom. The molecule has 1 saturated heterocycles. The molecule has 1 heterocycles. The highest BCUT2D eigenvalue weighted by Crippen LogP contribution is 2.16. The normalized spacial score (nSPS) is 15.4. The molecule has 0 atom stereocenters. The van der Waals surface area contributed by atoms with E-state index in [1.54, 1.807) is 0 Å². The molecule has 1 N–H and O–H groups in total. The van der Waals surface area contributed by atoms with Crippen LogP contribution in [0.4, 0.5) is 5.69 Å². The largest absolute Gasteiger partial charge is 0.326 e. The highest BCUT2D eigenvalue weighted by molar-refractivity contribution is 6.03. The quantitative estimate of drug-likeness (QED) is 0.826. The van der Waals surface area contributed by atoms with Crippen LogP contribution in [0.1, 0.15) is 31.7 Å². The van der Waals surface area contributed by atoms with Crippen LogP contribution >= 0.6 is 0 Å². The van der Waals surface area contributed by atoms with Crippen molar-refractivity contribution in [3.05, 3.63) is 29.8 Å². The Balaban J connectivity index is 1.94. The number of benzene rings is 1. The van der Waals surface area contributed by atoms with Gasteiger partial charge in [-0.25, -0.2) is 0 Å². The predicted molar refractivity (Wildman–Crippen MR) is 74.9 cm³/mol. The molecule has 19 heavy (non-hydrogen) atoms. The van der Waals surface area contributed by atoms with Gasteiger partial charge in [-0.3, -0.25) is 14.5 Å². The predicted octanol–water partition coefficient (Wildman–Crippen LogP) is 2.20. The van der Waals surface area contributed by atoms with Crippen LogP contribution in [0.25, 0.3) is 0 Å². The third-order valence-electron chi connectivity index (χ3n) is 3.23. The lowest BCUT2D eigenvalue weighted by Gasteiger charge is -2.15. The Morgan fingerprint density at radius 2 is 2.00 bits per heavy atom. The van der Waals surface area contributed by atoms with Crippen molar-refractivity contribution < 1.29 is 9.59 Å². The minimum absolute atomic E-state index is 0.0592. The second kappa shape index (κ2) is 6.48. The van der Waals surface area contributed by atoms with Crippen LogP contribution in [-0.2, 0) is 16.1 Å². The molecule has 1 aromatic rings. The van der Waals surface area contributed by atoms with Crippen molar-refractivity contribution in [2.45, 2.75) is 32.7 Å². The molecule has 0 aromatic heterocycles. The molecular formula is C15H20N2O2. The van der Waals surface area contributed by atoms with Gasteiger partial charge in [0.05, 0.1) is 6.42 Å². The van der Waals surface area contributed by atoms with E-state index in [-0.39, 0.29) is 18.1 Å². The molecular weight excluding hydrogens is 240 g/mol. The van der Waals surface area contributed by atoms with Crippen LogP contribution in [0.5, 0.6) is 0 Å². The zero-order valence-electron chi connectivity index (χ0n) is 11.3. The molecule has 0 unspecified atom stereocenters. The molecule has 1 aliphatic heterocycles. The summed E-state index contributed by atoms with van der Waals surface area (Å²) in [7, 11) is 0. The zero-order chi connectivity index (χ0) is 13.7.